The van der Waals surface area contributed by atoms with Crippen LogP contribution >= 0.6 is 47.8 Å². The van der Waals surface area contributed by atoms with Crippen molar-refractivity contribution in [1.82, 2.24) is 0 Å². The zero-order valence-electron chi connectivity index (χ0n) is 9.45. The molecule has 1 amide bonds. The van der Waals surface area contributed by atoms with Crippen LogP contribution in [-0.2, 0) is 0 Å². The largest absolute Gasteiger partial charge is 0.507 e. The Labute approximate surface area is 135 Å². The van der Waals surface area contributed by atoms with Crippen molar-refractivity contribution in [3.05, 3.63) is 55.4 Å². The molecule has 0 aromatic heterocycles. The molecule has 0 heterocycles. The van der Waals surface area contributed by atoms with E-state index in [4.69, 9.17) is 0 Å². The lowest BCUT2D eigenvalue weighted by Gasteiger charge is -2.10. The monoisotopic (exact) mass is 447 g/mol. The van der Waals surface area contributed by atoms with Gasteiger partial charge in [0.05, 0.1) is 5.56 Å². The van der Waals surface area contributed by atoms with E-state index in [1.807, 2.05) is 12.1 Å². The first-order valence-electron chi connectivity index (χ1n) is 5.23. The van der Waals surface area contributed by atoms with Crippen LogP contribution in [0.3, 0.4) is 0 Å². The molecule has 0 spiro atoms. The summed E-state index contributed by atoms with van der Waals surface area (Å²) in [7, 11) is 0. The van der Waals surface area contributed by atoms with Crippen LogP contribution in [0.5, 0.6) is 5.75 Å². The summed E-state index contributed by atoms with van der Waals surface area (Å²) in [5.41, 5.74) is 0.844. The van der Waals surface area contributed by atoms with E-state index in [1.165, 1.54) is 6.07 Å². The van der Waals surface area contributed by atoms with E-state index in [9.17, 15) is 9.90 Å². The number of aromatic hydroxyl groups is 1. The summed E-state index contributed by atoms with van der Waals surface area (Å²) in [6.45, 7) is 0. The Balaban J connectivity index is 2.30. The molecule has 3 nitrogen and oxygen atoms in total. The molecule has 0 unspecified atom stereocenters. The Hall–Kier alpha value is -0.850. The molecule has 0 saturated heterocycles. The van der Waals surface area contributed by atoms with Crippen LogP contribution in [-0.4, -0.2) is 11.0 Å². The number of amides is 1. The molecular formula is C13H8Br3NO2. The minimum absolute atomic E-state index is 0.0790. The molecule has 2 aromatic rings. The van der Waals surface area contributed by atoms with Gasteiger partial charge in [0, 0.05) is 19.1 Å². The summed E-state index contributed by atoms with van der Waals surface area (Å²) in [6, 6.07) is 10.3. The van der Waals surface area contributed by atoms with Crippen LogP contribution in [0.15, 0.2) is 49.8 Å². The maximum Gasteiger partial charge on any atom is 0.260 e. The Kier molecular flexibility index (Phi) is 4.65. The smallest absolute Gasteiger partial charge is 0.260 e. The number of halogens is 3. The summed E-state index contributed by atoms with van der Waals surface area (Å²) in [5, 5.41) is 12.5. The number of anilines is 1. The highest BCUT2D eigenvalue weighted by atomic mass is 79.9. The highest BCUT2D eigenvalue weighted by Gasteiger charge is 2.17. The number of hydrogen-bond donors (Lipinski definition) is 2. The Morgan fingerprint density at radius 2 is 1.63 bits per heavy atom. The molecule has 2 rings (SSSR count). The number of benzene rings is 2. The summed E-state index contributed by atoms with van der Waals surface area (Å²) in [6.07, 6.45) is 0. The molecule has 0 aliphatic heterocycles. The molecule has 98 valence electrons. The molecule has 0 radical (unpaired) electrons. The maximum absolute atomic E-state index is 12.2. The van der Waals surface area contributed by atoms with Crippen molar-refractivity contribution in [3.8, 4) is 5.75 Å². The van der Waals surface area contributed by atoms with Crippen LogP contribution in [0, 0.1) is 0 Å². The second-order valence-corrected chi connectivity index (χ2v) is 6.28. The average molecular weight is 450 g/mol. The van der Waals surface area contributed by atoms with E-state index >= 15 is 0 Å². The molecule has 19 heavy (non-hydrogen) atoms. The first-order valence-corrected chi connectivity index (χ1v) is 7.61. The van der Waals surface area contributed by atoms with Gasteiger partial charge in [-0.3, -0.25) is 4.79 Å². The second-order valence-electron chi connectivity index (χ2n) is 3.72. The number of nitrogens with one attached hydrogen (secondary N) is 1. The van der Waals surface area contributed by atoms with E-state index < -0.39 is 0 Å². The van der Waals surface area contributed by atoms with E-state index in [0.29, 0.717) is 14.6 Å². The van der Waals surface area contributed by atoms with Crippen molar-refractivity contribution >= 4 is 59.4 Å². The highest BCUT2D eigenvalue weighted by Crippen LogP contribution is 2.33. The fourth-order valence-corrected chi connectivity index (χ4v) is 2.59. The Morgan fingerprint density at radius 3 is 2.26 bits per heavy atom. The lowest BCUT2D eigenvalue weighted by atomic mass is 10.2. The third kappa shape index (κ3) is 3.38. The van der Waals surface area contributed by atoms with Gasteiger partial charge >= 0.3 is 0 Å². The number of phenols is 1. The minimum atomic E-state index is -0.381. The van der Waals surface area contributed by atoms with Crippen LogP contribution in [0.1, 0.15) is 10.4 Å². The molecule has 6 heteroatoms. The lowest BCUT2D eigenvalue weighted by Crippen LogP contribution is -2.13. The summed E-state index contributed by atoms with van der Waals surface area (Å²) in [5.74, 6) is -0.460. The fourth-order valence-electron chi connectivity index (χ4n) is 1.48. The van der Waals surface area contributed by atoms with Crippen LogP contribution in [0.4, 0.5) is 5.69 Å². The van der Waals surface area contributed by atoms with Crippen molar-refractivity contribution in [2.75, 3.05) is 5.32 Å². The van der Waals surface area contributed by atoms with Crippen molar-refractivity contribution in [3.63, 3.8) is 0 Å². The highest BCUT2D eigenvalue weighted by molar-refractivity contribution is 9.13. The number of hydrogen-bond acceptors (Lipinski definition) is 2. The van der Waals surface area contributed by atoms with Gasteiger partial charge in [-0.1, -0.05) is 15.9 Å². The molecule has 0 fully saturated rings. The average Bonchev–Trinajstić information content (AvgIpc) is 2.37. The van der Waals surface area contributed by atoms with Crippen molar-refractivity contribution in [2.24, 2.45) is 0 Å². The van der Waals surface area contributed by atoms with Gasteiger partial charge in [0.2, 0.25) is 0 Å². The number of phenolic OH excluding ortho intramolecular Hbond substituents is 1. The van der Waals surface area contributed by atoms with Gasteiger partial charge in [0.1, 0.15) is 5.75 Å². The lowest BCUT2D eigenvalue weighted by molar-refractivity contribution is 0.102. The normalized spacial score (nSPS) is 10.3. The van der Waals surface area contributed by atoms with Crippen molar-refractivity contribution < 1.29 is 9.90 Å². The van der Waals surface area contributed by atoms with Crippen LogP contribution in [0.25, 0.3) is 0 Å². The number of rotatable bonds is 2. The SMILES string of the molecule is O=C(Nc1ccc(Br)cc1)c1c(O)ccc(Br)c1Br. The molecule has 2 N–H and O–H groups in total. The molecule has 2 aromatic carbocycles. The van der Waals surface area contributed by atoms with Crippen molar-refractivity contribution in [1.29, 1.82) is 0 Å². The third-order valence-corrected chi connectivity index (χ3v) is 4.95. The third-order valence-electron chi connectivity index (χ3n) is 2.40. The molecule has 0 saturated carbocycles. The van der Waals surface area contributed by atoms with E-state index in [-0.39, 0.29) is 17.2 Å². The Morgan fingerprint density at radius 1 is 1.00 bits per heavy atom. The van der Waals surface area contributed by atoms with Gasteiger partial charge < -0.3 is 10.4 Å². The van der Waals surface area contributed by atoms with E-state index in [2.05, 4.69) is 53.1 Å². The first kappa shape index (κ1) is 14.6. The predicted molar refractivity (Wildman–Crippen MR) is 85.6 cm³/mol. The summed E-state index contributed by atoms with van der Waals surface area (Å²) in [4.78, 5) is 12.2. The zero-order valence-corrected chi connectivity index (χ0v) is 14.2. The molecule has 0 atom stereocenters. The molecule has 0 aliphatic rings. The second kappa shape index (κ2) is 6.07. The minimum Gasteiger partial charge on any atom is -0.507 e. The topological polar surface area (TPSA) is 49.3 Å². The Bertz CT molecular complexity index is 627. The van der Waals surface area contributed by atoms with Gasteiger partial charge in [-0.15, -0.1) is 0 Å². The van der Waals surface area contributed by atoms with Gasteiger partial charge in [0.15, 0.2) is 0 Å². The van der Waals surface area contributed by atoms with Crippen molar-refractivity contribution in [2.45, 2.75) is 0 Å². The first-order chi connectivity index (χ1) is 8.99. The van der Waals surface area contributed by atoms with E-state index in [0.717, 1.165) is 4.47 Å². The van der Waals surface area contributed by atoms with Crippen LogP contribution in [0.2, 0.25) is 0 Å². The van der Waals surface area contributed by atoms with Gasteiger partial charge in [-0.2, -0.15) is 0 Å². The van der Waals surface area contributed by atoms with Gasteiger partial charge in [-0.25, -0.2) is 0 Å². The maximum atomic E-state index is 12.2. The predicted octanol–water partition coefficient (Wildman–Crippen LogP) is 4.93. The molecule has 0 bridgehead atoms. The summed E-state index contributed by atoms with van der Waals surface area (Å²) >= 11 is 9.90. The van der Waals surface area contributed by atoms with Gasteiger partial charge in [-0.05, 0) is 68.3 Å². The number of carbonyl (C=O) groups is 1. The summed E-state index contributed by atoms with van der Waals surface area (Å²) < 4.78 is 2.14. The zero-order chi connectivity index (χ0) is 14.0. The standard InChI is InChI=1S/C13H8Br3NO2/c14-7-1-3-8(4-2-7)17-13(19)11-10(18)6-5-9(15)12(11)16/h1-6,18H,(H,17,19). The van der Waals surface area contributed by atoms with E-state index in [1.54, 1.807) is 18.2 Å². The quantitative estimate of drug-likeness (QED) is 0.682. The van der Waals surface area contributed by atoms with Crippen LogP contribution < -0.4 is 5.32 Å². The fraction of sp³-hybridized carbons (Fsp3) is 0. The number of carbonyl (C=O) groups excluding carboxylic acids is 1. The molecule has 0 aliphatic carbocycles. The van der Waals surface area contributed by atoms with Gasteiger partial charge in [0.25, 0.3) is 5.91 Å². The molecular weight excluding hydrogens is 442 g/mol.